The van der Waals surface area contributed by atoms with Crippen LogP contribution in [0.3, 0.4) is 0 Å². The number of anilines is 3. The van der Waals surface area contributed by atoms with Gasteiger partial charge in [-0.05, 0) is 205 Å². The van der Waals surface area contributed by atoms with E-state index < -0.39 is 23.7 Å². The van der Waals surface area contributed by atoms with Gasteiger partial charge in [0.15, 0.2) is 28.2 Å². The molecule has 4 N–H and O–H groups in total. The van der Waals surface area contributed by atoms with E-state index in [-0.39, 0.29) is 64.7 Å². The van der Waals surface area contributed by atoms with Gasteiger partial charge in [-0.1, -0.05) is 42.8 Å². The third-order valence-corrected chi connectivity index (χ3v) is 25.6. The quantitative estimate of drug-likeness (QED) is 0.0687. The minimum absolute atomic E-state index is 0. The van der Waals surface area contributed by atoms with Crippen LogP contribution in [-0.4, -0.2) is 166 Å². The van der Waals surface area contributed by atoms with E-state index in [2.05, 4.69) is 106 Å². The Balaban J connectivity index is 0.000000136. The van der Waals surface area contributed by atoms with E-state index in [4.69, 9.17) is 42.6 Å². The summed E-state index contributed by atoms with van der Waals surface area (Å²) in [6.45, 7) is 17.0. The van der Waals surface area contributed by atoms with Crippen LogP contribution in [0.2, 0.25) is 0 Å². The number of piperidine rings is 3. The molecular formula is C81H92BrF3N21NaO5S3. The van der Waals surface area contributed by atoms with E-state index in [9.17, 15) is 22.8 Å². The maximum atomic E-state index is 12.5. The average Bonchev–Trinajstić information content (AvgIpc) is 1.67. The van der Waals surface area contributed by atoms with Crippen molar-refractivity contribution in [3.63, 3.8) is 0 Å². The van der Waals surface area contributed by atoms with Crippen LogP contribution in [0.15, 0.2) is 177 Å². The summed E-state index contributed by atoms with van der Waals surface area (Å²) < 4.78 is 49.5. The molecule has 18 rings (SSSR count). The molecule has 0 bridgehead atoms. The van der Waals surface area contributed by atoms with E-state index >= 15 is 0 Å². The molecule has 3 spiro atoms. The normalized spacial score (nSPS) is 18.9. The van der Waals surface area contributed by atoms with Gasteiger partial charge < -0.3 is 53.2 Å². The summed E-state index contributed by atoms with van der Waals surface area (Å²) >= 11 is 12.0. The number of fused-ring (bicyclic) bond motifs is 6. The third kappa shape index (κ3) is 19.6. The number of ether oxygens (including phenoxy) is 2. The predicted molar refractivity (Wildman–Crippen MR) is 439 cm³/mol. The first-order valence-electron chi connectivity index (χ1n) is 38.5. The maximum absolute atomic E-state index is 12.5. The van der Waals surface area contributed by atoms with Crippen molar-refractivity contribution >= 4 is 138 Å². The van der Waals surface area contributed by atoms with Crippen LogP contribution in [0.4, 0.5) is 40.6 Å². The van der Waals surface area contributed by atoms with Gasteiger partial charge in [0, 0.05) is 181 Å². The second-order valence-electron chi connectivity index (χ2n) is 31.8. The van der Waals surface area contributed by atoms with Crippen LogP contribution >= 0.6 is 39.5 Å². The Labute approximate surface area is 709 Å². The first kappa shape index (κ1) is 84.2. The number of aldehydes is 1. The number of rotatable bonds is 9. The smallest absolute Gasteiger partial charge is 0.775 e. The zero-order valence-corrected chi connectivity index (χ0v) is 71.5. The van der Waals surface area contributed by atoms with Crippen molar-refractivity contribution < 1.29 is 66.6 Å². The first-order chi connectivity index (χ1) is 54.8. The van der Waals surface area contributed by atoms with Gasteiger partial charge in [-0.25, -0.2) is 69.4 Å². The number of nitrogens with two attached hydrogens (primary N) is 1. The summed E-state index contributed by atoms with van der Waals surface area (Å²) in [6, 6.07) is 18.5. The Morgan fingerprint density at radius 2 is 0.843 bits per heavy atom. The minimum atomic E-state index is -4.64. The third-order valence-electron chi connectivity index (χ3n) is 22.4. The van der Waals surface area contributed by atoms with Crippen LogP contribution in [-0.2, 0) is 26.9 Å². The molecule has 3 atom stereocenters. The number of hydrogen-bond acceptors (Lipinski definition) is 24. The van der Waals surface area contributed by atoms with Crippen LogP contribution in [0, 0.1) is 16.2 Å². The molecule has 6 fully saturated rings. The van der Waals surface area contributed by atoms with Gasteiger partial charge in [-0.15, -0.1) is 4.90 Å². The van der Waals surface area contributed by atoms with Crippen molar-refractivity contribution in [3.05, 3.63) is 152 Å². The van der Waals surface area contributed by atoms with Crippen LogP contribution in [0.25, 0.3) is 50.0 Å². The Morgan fingerprint density at radius 1 is 0.487 bits per heavy atom. The summed E-state index contributed by atoms with van der Waals surface area (Å²) in [5.41, 5.74) is 11.0. The maximum Gasteiger partial charge on any atom is 1.00 e. The van der Waals surface area contributed by atoms with Gasteiger partial charge >= 0.3 is 47.9 Å². The van der Waals surface area contributed by atoms with Gasteiger partial charge in [0.05, 0.1) is 9.79 Å². The number of nitrogens with zero attached hydrogens (tertiary/aromatic N) is 18. The molecule has 12 aromatic rings. The van der Waals surface area contributed by atoms with Crippen LogP contribution in [0.5, 0.6) is 0 Å². The number of halogens is 4. The van der Waals surface area contributed by atoms with Crippen molar-refractivity contribution in [2.45, 2.75) is 198 Å². The van der Waals surface area contributed by atoms with Gasteiger partial charge in [0.1, 0.15) is 16.8 Å². The summed E-state index contributed by atoms with van der Waals surface area (Å²) in [7, 11) is 0. The van der Waals surface area contributed by atoms with Crippen molar-refractivity contribution in [2.24, 2.45) is 22.0 Å². The number of aromatic nitrogens is 15. The van der Waals surface area contributed by atoms with E-state index in [1.807, 2.05) is 138 Å². The number of nitrogens with one attached hydrogen (secondary N) is 2. The number of imidazole rings is 3. The molecule has 15 heterocycles. The van der Waals surface area contributed by atoms with Crippen molar-refractivity contribution in [1.82, 2.24) is 83.6 Å². The number of pyridine rings is 6. The molecule has 115 heavy (non-hydrogen) atoms. The number of amides is 2. The average molecular weight is 1700 g/mol. The van der Waals surface area contributed by atoms with Gasteiger partial charge in [-0.3, -0.25) is 18.0 Å². The van der Waals surface area contributed by atoms with Crippen LogP contribution in [0.1, 0.15) is 138 Å². The van der Waals surface area contributed by atoms with E-state index in [1.54, 1.807) is 73.1 Å². The SMILES string of the molecule is Brc1ccnc2ncccc12.CC(C)(C)OC(=O)N[C@@H]1CCCC12CCN(c1ncc(Sc3ccnc4ncccc34)c3nccn13)CC2.CC(C)(C)OC(=O)N[C@@H]1CCCC12CCN(c1ncc([S-])c3nccn13)CC2.N[C@@H]1CCCC12CCN(c1ncc(Sc3ccnc4ncccc34)c3nccn13)CC2.O=CC(F)(F)F.[Na+]. The Hall–Kier alpha value is -8.70. The number of carbonyl (C=O) groups is 3. The molecule has 34 heteroatoms. The molecule has 3 aliphatic heterocycles. The summed E-state index contributed by atoms with van der Waals surface area (Å²) in [4.78, 5) is 99.2. The second kappa shape index (κ2) is 36.0. The van der Waals surface area contributed by atoms with E-state index in [1.165, 1.54) is 19.3 Å². The van der Waals surface area contributed by atoms with Crippen molar-refractivity contribution in [3.8, 4) is 0 Å². The molecule has 12 aromatic heterocycles. The molecule has 0 radical (unpaired) electrons. The zero-order chi connectivity index (χ0) is 80.0. The molecule has 26 nitrogen and oxygen atoms in total. The zero-order valence-electron chi connectivity index (χ0n) is 65.4. The minimum Gasteiger partial charge on any atom is -0.775 e. The second-order valence-corrected chi connectivity index (χ2v) is 35.2. The number of alkyl carbamates (subject to hydrolysis) is 2. The topological polar surface area (TPSA) is 297 Å². The molecule has 0 unspecified atom stereocenters. The molecule has 2 amide bonds. The molecule has 3 saturated carbocycles. The van der Waals surface area contributed by atoms with E-state index in [0.29, 0.717) is 16.4 Å². The Bertz CT molecular complexity index is 5380. The van der Waals surface area contributed by atoms with Gasteiger partial charge in [-0.2, -0.15) is 13.2 Å². The molecular weight excluding hydrogens is 1600 g/mol. The Morgan fingerprint density at radius 3 is 1.24 bits per heavy atom. The fourth-order valence-electron chi connectivity index (χ4n) is 16.8. The van der Waals surface area contributed by atoms with E-state index in [0.717, 1.165) is 208 Å². The Kier molecular flexibility index (Phi) is 26.4. The molecule has 6 aliphatic rings. The molecule has 3 aliphatic carbocycles. The summed E-state index contributed by atoms with van der Waals surface area (Å²) in [5.74, 6) is 2.78. The fraction of sp³-hybridized carbons (Fsp3) is 0.444. The fourth-order valence-corrected chi connectivity index (χ4v) is 19.4. The number of carbonyl (C=O) groups excluding carboxylic acids is 3. The number of alkyl halides is 3. The van der Waals surface area contributed by atoms with Crippen molar-refractivity contribution in [1.29, 1.82) is 0 Å². The monoisotopic (exact) mass is 1690 g/mol. The summed E-state index contributed by atoms with van der Waals surface area (Å²) in [5, 5.41) is 9.46. The van der Waals surface area contributed by atoms with Crippen molar-refractivity contribution in [2.75, 3.05) is 54.0 Å². The predicted octanol–water partition coefficient (Wildman–Crippen LogP) is 12.9. The number of hydrogen-bond donors (Lipinski definition) is 3. The largest absolute Gasteiger partial charge is 1.00 e. The van der Waals surface area contributed by atoms with Gasteiger partial charge in [0.25, 0.3) is 0 Å². The molecule has 3 saturated heterocycles. The van der Waals surface area contributed by atoms with Gasteiger partial charge in [0.2, 0.25) is 24.1 Å². The standard InChI is InChI=1S/C28H33N7O2S.C23H25N7S.C20H29N5O2S.C8H5BrN2.C2HF3O.Na/c1-27(2,3)37-26(36)33-22-7-4-9-28(22)10-15-34(16-11-28)25-32-18-21(24-31-14-17-35(24)25)38-20-8-13-30-23-19(20)6-5-12-29-23;24-19-4-1-6-23(19)7-12-29(13-8-23)22-28-15-18(21-27-11-14-30(21)22)31-17-5-10-26-20-16(17)3-2-9-25-20;1-19(2,3)27-18(26)23-15-5-4-6-20(15)7-10-24(11-8-20)17-22-13-14(28)16-21-9-12-25(16)17;9-7-3-5-11-8-6(7)2-1-4-10-8;3-2(4,5)1-6;/h5-6,8,12-14,17-18,22H,4,7,9-11,15-16H2,1-3H3,(H,33,36);2-3,5,9-11,14-15,19H,1,4,6-8,12-13,24H2;9,12-13,15,28H,4-8,10-11H2,1-3H3,(H,23,26);1-5H;1H;/q;;;;;+1/p-1/t22-;19-;15-;;;/m111.../s1. The molecule has 598 valence electrons. The molecule has 0 aromatic carbocycles. The summed E-state index contributed by atoms with van der Waals surface area (Å²) in [6.07, 6.45) is 38.0. The van der Waals surface area contributed by atoms with Crippen LogP contribution < -0.4 is 60.6 Å². The first-order valence-corrected chi connectivity index (χ1v) is 41.4.